The molecule has 4 aromatic carbocycles. The predicted molar refractivity (Wildman–Crippen MR) is 148 cm³/mol. The minimum absolute atomic E-state index is 0.144. The molecule has 1 heterocycles. The first-order valence-electron chi connectivity index (χ1n) is 11.6. The lowest BCUT2D eigenvalue weighted by Gasteiger charge is -2.11. The molecule has 5 aromatic rings. The minimum atomic E-state index is -0.144. The first-order valence-corrected chi connectivity index (χ1v) is 13.0. The molecule has 0 aliphatic rings. The van der Waals surface area contributed by atoms with Gasteiger partial charge in [-0.1, -0.05) is 84.0 Å². The Morgan fingerprint density at radius 1 is 0.838 bits per heavy atom. The number of thioether (sulfide) groups is 1. The second-order valence-corrected chi connectivity index (χ2v) is 9.50. The van der Waals surface area contributed by atoms with Crippen LogP contribution in [0.5, 0.6) is 5.75 Å². The van der Waals surface area contributed by atoms with Crippen LogP contribution in [0.3, 0.4) is 0 Å². The number of hydrogen-bond donors (Lipinski definition) is 1. The van der Waals surface area contributed by atoms with Gasteiger partial charge in [-0.25, -0.2) is 0 Å². The summed E-state index contributed by atoms with van der Waals surface area (Å²) in [6, 6.07) is 34.6. The summed E-state index contributed by atoms with van der Waals surface area (Å²) < 4.78 is 7.75. The van der Waals surface area contributed by atoms with Crippen LogP contribution < -0.4 is 10.1 Å². The van der Waals surface area contributed by atoms with Gasteiger partial charge < -0.3 is 10.1 Å². The molecule has 5 rings (SSSR count). The fourth-order valence-corrected chi connectivity index (χ4v) is 4.54. The van der Waals surface area contributed by atoms with E-state index in [2.05, 4.69) is 15.5 Å². The van der Waals surface area contributed by atoms with E-state index in [4.69, 9.17) is 16.3 Å². The predicted octanol–water partition coefficient (Wildman–Crippen LogP) is 6.90. The largest absolute Gasteiger partial charge is 0.489 e. The number of ether oxygens (including phenoxy) is 1. The topological polar surface area (TPSA) is 69.0 Å². The van der Waals surface area contributed by atoms with Crippen molar-refractivity contribution in [1.29, 1.82) is 0 Å². The van der Waals surface area contributed by atoms with Gasteiger partial charge in [-0.3, -0.25) is 9.36 Å². The number of benzene rings is 4. The van der Waals surface area contributed by atoms with Crippen molar-refractivity contribution in [1.82, 2.24) is 14.8 Å². The number of halogens is 1. The summed E-state index contributed by atoms with van der Waals surface area (Å²) in [6.07, 6.45) is 0. The molecule has 0 atom stereocenters. The Labute approximate surface area is 224 Å². The highest BCUT2D eigenvalue weighted by Crippen LogP contribution is 2.29. The van der Waals surface area contributed by atoms with Crippen LogP contribution in [-0.4, -0.2) is 26.4 Å². The highest BCUT2D eigenvalue weighted by Gasteiger charge is 2.17. The van der Waals surface area contributed by atoms with Gasteiger partial charge in [0.2, 0.25) is 5.91 Å². The zero-order chi connectivity index (χ0) is 25.5. The van der Waals surface area contributed by atoms with E-state index in [1.807, 2.05) is 114 Å². The van der Waals surface area contributed by atoms with Crippen molar-refractivity contribution in [2.75, 3.05) is 11.1 Å². The Kier molecular flexibility index (Phi) is 7.84. The third-order valence-electron chi connectivity index (χ3n) is 5.47. The van der Waals surface area contributed by atoms with Gasteiger partial charge in [0.25, 0.3) is 0 Å². The standard InChI is InChI=1S/C29H23ClN4O2S/c30-23-11-15-25(16-12-23)34-28(22-9-5-2-6-10-22)32-33-29(34)37-20-27(35)31-24-13-17-26(18-14-24)36-19-21-7-3-1-4-8-21/h1-18H,19-20H2,(H,31,35). The summed E-state index contributed by atoms with van der Waals surface area (Å²) in [7, 11) is 0. The summed E-state index contributed by atoms with van der Waals surface area (Å²) in [5.74, 6) is 1.46. The van der Waals surface area contributed by atoms with Crippen LogP contribution >= 0.6 is 23.4 Å². The summed E-state index contributed by atoms with van der Waals surface area (Å²) in [6.45, 7) is 0.489. The van der Waals surface area contributed by atoms with Gasteiger partial charge >= 0.3 is 0 Å². The molecule has 1 amide bonds. The number of aromatic nitrogens is 3. The molecule has 6 nitrogen and oxygen atoms in total. The van der Waals surface area contributed by atoms with Crippen molar-refractivity contribution in [3.63, 3.8) is 0 Å². The first-order chi connectivity index (χ1) is 18.2. The number of rotatable bonds is 9. The van der Waals surface area contributed by atoms with Gasteiger partial charge in [-0.2, -0.15) is 0 Å². The SMILES string of the molecule is O=C(CSc1nnc(-c2ccccc2)n1-c1ccc(Cl)cc1)Nc1ccc(OCc2ccccc2)cc1. The van der Waals surface area contributed by atoms with Gasteiger partial charge in [-0.15, -0.1) is 10.2 Å². The summed E-state index contributed by atoms with van der Waals surface area (Å²) in [5, 5.41) is 13.0. The van der Waals surface area contributed by atoms with E-state index in [9.17, 15) is 4.79 Å². The molecule has 1 aromatic heterocycles. The highest BCUT2D eigenvalue weighted by molar-refractivity contribution is 7.99. The van der Waals surface area contributed by atoms with Crippen molar-refractivity contribution in [2.24, 2.45) is 0 Å². The second-order valence-electron chi connectivity index (χ2n) is 8.12. The van der Waals surface area contributed by atoms with Crippen molar-refractivity contribution < 1.29 is 9.53 Å². The zero-order valence-electron chi connectivity index (χ0n) is 19.8. The van der Waals surface area contributed by atoms with Crippen LogP contribution in [0.1, 0.15) is 5.56 Å². The van der Waals surface area contributed by atoms with E-state index in [0.29, 0.717) is 28.3 Å². The van der Waals surface area contributed by atoms with E-state index in [1.165, 1.54) is 11.8 Å². The van der Waals surface area contributed by atoms with E-state index >= 15 is 0 Å². The van der Waals surface area contributed by atoms with Crippen molar-refractivity contribution >= 4 is 35.0 Å². The molecule has 0 unspecified atom stereocenters. The Hall–Kier alpha value is -4.07. The number of nitrogens with one attached hydrogen (secondary N) is 1. The maximum atomic E-state index is 12.7. The molecule has 8 heteroatoms. The van der Waals surface area contributed by atoms with Gasteiger partial charge in [-0.05, 0) is 54.1 Å². The van der Waals surface area contributed by atoms with Crippen LogP contribution in [-0.2, 0) is 11.4 Å². The van der Waals surface area contributed by atoms with Gasteiger partial charge in [0.15, 0.2) is 11.0 Å². The second kappa shape index (κ2) is 11.8. The minimum Gasteiger partial charge on any atom is -0.489 e. The molecule has 0 bridgehead atoms. The van der Waals surface area contributed by atoms with Crippen LogP contribution in [0.2, 0.25) is 5.02 Å². The number of carbonyl (C=O) groups excluding carboxylic acids is 1. The number of anilines is 1. The molecular formula is C29H23ClN4O2S. The van der Waals surface area contributed by atoms with Gasteiger partial charge in [0.1, 0.15) is 12.4 Å². The molecular weight excluding hydrogens is 504 g/mol. The highest BCUT2D eigenvalue weighted by atomic mass is 35.5. The third-order valence-corrected chi connectivity index (χ3v) is 6.65. The lowest BCUT2D eigenvalue weighted by Crippen LogP contribution is -2.14. The summed E-state index contributed by atoms with van der Waals surface area (Å²) in [4.78, 5) is 12.7. The lowest BCUT2D eigenvalue weighted by atomic mass is 10.2. The first kappa shape index (κ1) is 24.6. The fraction of sp³-hybridized carbons (Fsp3) is 0.0690. The van der Waals surface area contributed by atoms with Crippen LogP contribution in [0, 0.1) is 0 Å². The quantitative estimate of drug-likeness (QED) is 0.212. The van der Waals surface area contributed by atoms with Gasteiger partial charge in [0, 0.05) is 22.0 Å². The molecule has 0 saturated carbocycles. The Morgan fingerprint density at radius 2 is 1.51 bits per heavy atom. The number of amides is 1. The van der Waals surface area contributed by atoms with Crippen LogP contribution in [0.15, 0.2) is 114 Å². The molecule has 184 valence electrons. The van der Waals surface area contributed by atoms with E-state index in [-0.39, 0.29) is 11.7 Å². The van der Waals surface area contributed by atoms with Crippen molar-refractivity contribution in [3.05, 3.63) is 120 Å². The number of hydrogen-bond acceptors (Lipinski definition) is 5. The molecule has 1 N–H and O–H groups in total. The molecule has 0 aliphatic carbocycles. The van der Waals surface area contributed by atoms with E-state index < -0.39 is 0 Å². The fourth-order valence-electron chi connectivity index (χ4n) is 3.66. The molecule has 0 spiro atoms. The molecule has 37 heavy (non-hydrogen) atoms. The summed E-state index contributed by atoms with van der Waals surface area (Å²) >= 11 is 7.42. The van der Waals surface area contributed by atoms with E-state index in [0.717, 1.165) is 22.6 Å². The Balaban J connectivity index is 1.24. The molecule has 0 radical (unpaired) electrons. The smallest absolute Gasteiger partial charge is 0.234 e. The average Bonchev–Trinajstić information content (AvgIpc) is 3.37. The number of carbonyl (C=O) groups is 1. The Bertz CT molecular complexity index is 1460. The molecule has 0 fully saturated rings. The monoisotopic (exact) mass is 526 g/mol. The van der Waals surface area contributed by atoms with E-state index in [1.54, 1.807) is 0 Å². The maximum absolute atomic E-state index is 12.7. The van der Waals surface area contributed by atoms with Crippen molar-refractivity contribution in [2.45, 2.75) is 11.8 Å². The van der Waals surface area contributed by atoms with Crippen molar-refractivity contribution in [3.8, 4) is 22.8 Å². The number of nitrogens with zero attached hydrogens (tertiary/aromatic N) is 3. The summed E-state index contributed by atoms with van der Waals surface area (Å²) in [5.41, 5.74) is 3.58. The molecule has 0 saturated heterocycles. The van der Waals surface area contributed by atoms with Gasteiger partial charge in [0.05, 0.1) is 5.75 Å². The van der Waals surface area contributed by atoms with Crippen LogP contribution in [0.25, 0.3) is 17.1 Å². The Morgan fingerprint density at radius 3 is 2.22 bits per heavy atom. The average molecular weight is 527 g/mol. The van der Waals surface area contributed by atoms with Crippen LogP contribution in [0.4, 0.5) is 5.69 Å². The lowest BCUT2D eigenvalue weighted by molar-refractivity contribution is -0.113. The normalized spacial score (nSPS) is 10.7. The molecule has 0 aliphatic heterocycles. The maximum Gasteiger partial charge on any atom is 0.234 e. The zero-order valence-corrected chi connectivity index (χ0v) is 21.3. The third kappa shape index (κ3) is 6.39.